The van der Waals surface area contributed by atoms with E-state index in [4.69, 9.17) is 4.74 Å². The number of nitrogens with zero attached hydrogens (tertiary/aromatic N) is 1. The van der Waals surface area contributed by atoms with E-state index < -0.39 is 0 Å². The lowest BCUT2D eigenvalue weighted by Gasteiger charge is -2.25. The van der Waals surface area contributed by atoms with E-state index in [-0.39, 0.29) is 5.97 Å². The predicted octanol–water partition coefficient (Wildman–Crippen LogP) is 2.91. The highest BCUT2D eigenvalue weighted by Gasteiger charge is 2.13. The molecule has 1 rings (SSSR count). The molecule has 1 heterocycles. The average molecular weight is 255 g/mol. The monoisotopic (exact) mass is 255 g/mol. The van der Waals surface area contributed by atoms with E-state index in [1.807, 2.05) is 6.92 Å². The minimum absolute atomic E-state index is 0.107. The van der Waals surface area contributed by atoms with Crippen molar-refractivity contribution in [3.63, 3.8) is 0 Å². The van der Waals surface area contributed by atoms with E-state index in [2.05, 4.69) is 36.3 Å². The van der Waals surface area contributed by atoms with Crippen LogP contribution in [0.4, 0.5) is 0 Å². The van der Waals surface area contributed by atoms with Gasteiger partial charge in [0.25, 0.3) is 0 Å². The zero-order chi connectivity index (χ0) is 12.7. The van der Waals surface area contributed by atoms with E-state index in [1.165, 1.54) is 4.88 Å². The highest BCUT2D eigenvalue weighted by Crippen LogP contribution is 2.14. The average Bonchev–Trinajstić information content (AvgIpc) is 2.76. The molecular formula is C13H21NO2S. The largest absolute Gasteiger partial charge is 0.466 e. The lowest BCUT2D eigenvalue weighted by Crippen LogP contribution is -2.32. The van der Waals surface area contributed by atoms with Crippen molar-refractivity contribution in [2.75, 3.05) is 13.2 Å². The van der Waals surface area contributed by atoms with Crippen molar-refractivity contribution in [2.24, 2.45) is 0 Å². The molecule has 0 aromatic carbocycles. The van der Waals surface area contributed by atoms with Crippen LogP contribution in [0.15, 0.2) is 17.5 Å². The Hall–Kier alpha value is -0.870. The molecule has 0 unspecified atom stereocenters. The van der Waals surface area contributed by atoms with Crippen molar-refractivity contribution in [3.8, 4) is 0 Å². The number of carbonyl (C=O) groups excluding carboxylic acids is 1. The number of hydrogen-bond donors (Lipinski definition) is 0. The van der Waals surface area contributed by atoms with Gasteiger partial charge in [0.1, 0.15) is 0 Å². The Bertz CT molecular complexity index is 322. The van der Waals surface area contributed by atoms with E-state index in [0.29, 0.717) is 19.1 Å². The van der Waals surface area contributed by atoms with Crippen LogP contribution in [0.2, 0.25) is 0 Å². The van der Waals surface area contributed by atoms with E-state index >= 15 is 0 Å². The maximum absolute atomic E-state index is 11.3. The molecule has 0 spiro atoms. The van der Waals surface area contributed by atoms with Gasteiger partial charge in [-0.25, -0.2) is 0 Å². The summed E-state index contributed by atoms with van der Waals surface area (Å²) in [5.41, 5.74) is 0. The van der Waals surface area contributed by atoms with E-state index in [9.17, 15) is 4.79 Å². The molecule has 0 aliphatic heterocycles. The van der Waals surface area contributed by atoms with Gasteiger partial charge in [0.05, 0.1) is 13.0 Å². The van der Waals surface area contributed by atoms with Crippen LogP contribution in [0.3, 0.4) is 0 Å². The van der Waals surface area contributed by atoms with Gasteiger partial charge in [0.15, 0.2) is 0 Å². The van der Waals surface area contributed by atoms with Crippen molar-refractivity contribution < 1.29 is 9.53 Å². The first-order chi connectivity index (χ1) is 8.13. The van der Waals surface area contributed by atoms with Crippen molar-refractivity contribution in [2.45, 2.75) is 39.8 Å². The van der Waals surface area contributed by atoms with E-state index in [0.717, 1.165) is 13.1 Å². The van der Waals surface area contributed by atoms with Gasteiger partial charge in [0.2, 0.25) is 0 Å². The third kappa shape index (κ3) is 5.33. The van der Waals surface area contributed by atoms with Crippen LogP contribution in [-0.2, 0) is 16.1 Å². The Morgan fingerprint density at radius 3 is 2.82 bits per heavy atom. The van der Waals surface area contributed by atoms with Gasteiger partial charge in [-0.3, -0.25) is 9.69 Å². The maximum atomic E-state index is 11.3. The van der Waals surface area contributed by atoms with Gasteiger partial charge in [-0.2, -0.15) is 0 Å². The van der Waals surface area contributed by atoms with Gasteiger partial charge < -0.3 is 4.74 Å². The van der Waals surface area contributed by atoms with Crippen LogP contribution in [0.5, 0.6) is 0 Å². The summed E-state index contributed by atoms with van der Waals surface area (Å²) in [6, 6.07) is 4.63. The fourth-order valence-corrected chi connectivity index (χ4v) is 2.32. The molecule has 0 saturated heterocycles. The molecule has 0 aliphatic rings. The molecule has 0 atom stereocenters. The lowest BCUT2D eigenvalue weighted by atomic mass is 10.2. The topological polar surface area (TPSA) is 29.5 Å². The quantitative estimate of drug-likeness (QED) is 0.702. The fraction of sp³-hybridized carbons (Fsp3) is 0.615. The van der Waals surface area contributed by atoms with E-state index in [1.54, 1.807) is 11.3 Å². The van der Waals surface area contributed by atoms with Crippen LogP contribution in [-0.4, -0.2) is 30.1 Å². The van der Waals surface area contributed by atoms with Crippen LogP contribution < -0.4 is 0 Å². The molecule has 0 saturated carbocycles. The SMILES string of the molecule is CCOC(=O)CCN(Cc1cccs1)C(C)C. The summed E-state index contributed by atoms with van der Waals surface area (Å²) in [7, 11) is 0. The summed E-state index contributed by atoms with van der Waals surface area (Å²) in [5.74, 6) is -0.107. The first kappa shape index (κ1) is 14.2. The second-order valence-electron chi connectivity index (χ2n) is 4.20. The second kappa shape index (κ2) is 7.45. The summed E-state index contributed by atoms with van der Waals surface area (Å²) in [6.07, 6.45) is 0.470. The van der Waals surface area contributed by atoms with Gasteiger partial charge in [0, 0.05) is 24.0 Å². The first-order valence-corrected chi connectivity index (χ1v) is 6.93. The molecule has 3 nitrogen and oxygen atoms in total. The normalized spacial score (nSPS) is 11.1. The Morgan fingerprint density at radius 1 is 1.53 bits per heavy atom. The molecule has 0 aliphatic carbocycles. The van der Waals surface area contributed by atoms with Crippen molar-refractivity contribution in [3.05, 3.63) is 22.4 Å². The summed E-state index contributed by atoms with van der Waals surface area (Å²) >= 11 is 1.76. The molecule has 17 heavy (non-hydrogen) atoms. The minimum atomic E-state index is -0.107. The Labute approximate surface area is 107 Å². The summed E-state index contributed by atoms with van der Waals surface area (Å²) < 4.78 is 4.94. The maximum Gasteiger partial charge on any atom is 0.307 e. The van der Waals surface area contributed by atoms with Crippen LogP contribution in [0.25, 0.3) is 0 Å². The summed E-state index contributed by atoms with van der Waals surface area (Å²) in [6.45, 7) is 8.27. The fourth-order valence-electron chi connectivity index (χ4n) is 1.59. The second-order valence-corrected chi connectivity index (χ2v) is 5.23. The molecule has 0 N–H and O–H groups in total. The number of esters is 1. The Morgan fingerprint density at radius 2 is 2.29 bits per heavy atom. The molecule has 0 bridgehead atoms. The zero-order valence-corrected chi connectivity index (χ0v) is 11.6. The van der Waals surface area contributed by atoms with Gasteiger partial charge in [-0.1, -0.05) is 6.07 Å². The molecule has 1 aromatic heterocycles. The van der Waals surface area contributed by atoms with Crippen LogP contribution in [0.1, 0.15) is 32.1 Å². The first-order valence-electron chi connectivity index (χ1n) is 6.05. The van der Waals surface area contributed by atoms with Gasteiger partial charge in [-0.05, 0) is 32.2 Å². The molecule has 1 aromatic rings. The summed E-state index contributed by atoms with van der Waals surface area (Å²) in [4.78, 5) is 15.0. The predicted molar refractivity (Wildman–Crippen MR) is 71.1 cm³/mol. The third-order valence-electron chi connectivity index (χ3n) is 2.58. The molecular weight excluding hydrogens is 234 g/mol. The molecule has 96 valence electrons. The Kier molecular flexibility index (Phi) is 6.22. The number of thiophene rings is 1. The minimum Gasteiger partial charge on any atom is -0.466 e. The number of carbonyl (C=O) groups is 1. The molecule has 4 heteroatoms. The zero-order valence-electron chi connectivity index (χ0n) is 10.8. The van der Waals surface area contributed by atoms with Crippen LogP contribution >= 0.6 is 11.3 Å². The van der Waals surface area contributed by atoms with Crippen molar-refractivity contribution in [1.29, 1.82) is 0 Å². The highest BCUT2D eigenvalue weighted by atomic mass is 32.1. The smallest absolute Gasteiger partial charge is 0.307 e. The molecule has 0 amide bonds. The van der Waals surface area contributed by atoms with Gasteiger partial charge in [-0.15, -0.1) is 11.3 Å². The van der Waals surface area contributed by atoms with Crippen molar-refractivity contribution >= 4 is 17.3 Å². The van der Waals surface area contributed by atoms with Crippen molar-refractivity contribution in [1.82, 2.24) is 4.90 Å². The Balaban J connectivity index is 2.41. The standard InChI is InChI=1S/C13H21NO2S/c1-4-16-13(15)7-8-14(11(2)3)10-12-6-5-9-17-12/h5-6,9,11H,4,7-8,10H2,1-3H3. The summed E-state index contributed by atoms with van der Waals surface area (Å²) in [5, 5.41) is 2.08. The number of rotatable bonds is 7. The highest BCUT2D eigenvalue weighted by molar-refractivity contribution is 7.09. The van der Waals surface area contributed by atoms with Crippen LogP contribution in [0, 0.1) is 0 Å². The molecule has 0 fully saturated rings. The lowest BCUT2D eigenvalue weighted by molar-refractivity contribution is -0.143. The number of hydrogen-bond acceptors (Lipinski definition) is 4. The number of ether oxygens (including phenoxy) is 1. The van der Waals surface area contributed by atoms with Gasteiger partial charge >= 0.3 is 5.97 Å². The third-order valence-corrected chi connectivity index (χ3v) is 3.44. The molecule has 0 radical (unpaired) electrons.